The fourth-order valence-electron chi connectivity index (χ4n) is 0.303. The molecule has 0 aliphatic carbocycles. The number of rotatable bonds is 4. The highest BCUT2D eigenvalue weighted by Gasteiger charge is 2.01. The van der Waals surface area contributed by atoms with Crippen molar-refractivity contribution < 1.29 is 12.6 Å². The molecule has 1 unspecified atom stereocenters. The highest BCUT2D eigenvalue weighted by Crippen LogP contribution is 2.04. The van der Waals surface area contributed by atoms with Gasteiger partial charge in [0.15, 0.2) is 9.84 Å². The monoisotopic (exact) mass is 202 g/mol. The Kier molecular flexibility index (Phi) is 4.55. The molecule has 1 atom stereocenters. The van der Waals surface area contributed by atoms with E-state index in [1.807, 2.05) is 0 Å². The first-order chi connectivity index (χ1) is 4.42. The Balaban J connectivity index is 3.49. The van der Waals surface area contributed by atoms with Crippen molar-refractivity contribution in [2.75, 3.05) is 22.7 Å². The second kappa shape index (κ2) is 4.35. The van der Waals surface area contributed by atoms with Crippen molar-refractivity contribution in [2.24, 2.45) is 0 Å². The Labute approximate surface area is 68.0 Å². The normalized spacial score (nSPS) is 15.0. The summed E-state index contributed by atoms with van der Waals surface area (Å²) in [7, 11) is -3.79. The molecule has 0 bridgehead atoms. The van der Waals surface area contributed by atoms with Crippen LogP contribution in [-0.2, 0) is 20.6 Å². The third kappa shape index (κ3) is 8.45. The van der Waals surface area contributed by atoms with E-state index in [0.717, 1.165) is 0 Å². The van der Waals surface area contributed by atoms with Crippen LogP contribution in [0.2, 0.25) is 0 Å². The molecule has 0 rings (SSSR count). The lowest BCUT2D eigenvalue weighted by Crippen LogP contribution is -2.01. The second-order valence-corrected chi connectivity index (χ2v) is 7.23. The molecule has 10 heavy (non-hydrogen) atoms. The summed E-state index contributed by atoms with van der Waals surface area (Å²) in [6.45, 7) is 0. The molecule has 0 radical (unpaired) electrons. The predicted octanol–water partition coefficient (Wildman–Crippen LogP) is 0.0577. The molecule has 0 aliphatic rings. The van der Waals surface area contributed by atoms with E-state index in [2.05, 4.69) is 0 Å². The molecule has 0 aromatic rings. The zero-order chi connectivity index (χ0) is 8.20. The van der Waals surface area contributed by atoms with Gasteiger partial charge in [0.1, 0.15) is 0 Å². The van der Waals surface area contributed by atoms with Crippen LogP contribution in [0, 0.1) is 0 Å². The summed E-state index contributed by atoms with van der Waals surface area (Å²) < 4.78 is 31.4. The van der Waals surface area contributed by atoms with E-state index in [1.54, 1.807) is 6.26 Å². The van der Waals surface area contributed by atoms with Gasteiger partial charge in [0, 0.05) is 23.3 Å². The Morgan fingerprint density at radius 3 is 2.30 bits per heavy atom. The second-order valence-electron chi connectivity index (χ2n) is 1.94. The van der Waals surface area contributed by atoms with Crippen molar-refractivity contribution in [3.8, 4) is 0 Å². The van der Waals surface area contributed by atoms with Crippen LogP contribution in [0.1, 0.15) is 0 Å². The van der Waals surface area contributed by atoms with E-state index in [1.165, 1.54) is 18.0 Å². The first-order valence-corrected chi connectivity index (χ1v) is 7.41. The molecule has 0 amide bonds. The molecule has 0 saturated heterocycles. The molecule has 62 valence electrons. The van der Waals surface area contributed by atoms with Crippen molar-refractivity contribution >= 4 is 32.4 Å². The van der Waals surface area contributed by atoms with E-state index in [0.29, 0.717) is 5.08 Å². The molecule has 0 heterocycles. The molecule has 0 aromatic heterocycles. The first-order valence-electron chi connectivity index (χ1n) is 2.47. The first kappa shape index (κ1) is 10.4. The molecule has 3 nitrogen and oxygen atoms in total. The molecule has 0 N–H and O–H groups in total. The van der Waals surface area contributed by atoms with Crippen LogP contribution < -0.4 is 0 Å². The van der Waals surface area contributed by atoms with E-state index in [9.17, 15) is 12.6 Å². The van der Waals surface area contributed by atoms with Crippen molar-refractivity contribution in [3.05, 3.63) is 0 Å². The topological polar surface area (TPSA) is 51.2 Å². The van der Waals surface area contributed by atoms with Gasteiger partial charge in [-0.2, -0.15) is 0 Å². The maximum atomic E-state index is 10.5. The van der Waals surface area contributed by atoms with Crippen molar-refractivity contribution in [2.45, 2.75) is 0 Å². The molecule has 0 aliphatic heterocycles. The maximum Gasteiger partial charge on any atom is 0.156 e. The van der Waals surface area contributed by atoms with Crippen molar-refractivity contribution in [3.63, 3.8) is 0 Å². The van der Waals surface area contributed by atoms with Crippen LogP contribution in [0.15, 0.2) is 0 Å². The third-order valence-electron chi connectivity index (χ3n) is 0.547. The summed E-state index contributed by atoms with van der Waals surface area (Å²) in [5.74, 6) is 0. The van der Waals surface area contributed by atoms with Gasteiger partial charge >= 0.3 is 0 Å². The lowest BCUT2D eigenvalue weighted by molar-refractivity contribution is 0.606. The van der Waals surface area contributed by atoms with Crippen LogP contribution in [0.5, 0.6) is 0 Å². The van der Waals surface area contributed by atoms with Gasteiger partial charge in [0.25, 0.3) is 0 Å². The summed E-state index contributed by atoms with van der Waals surface area (Å²) in [5.41, 5.74) is 0. The summed E-state index contributed by atoms with van der Waals surface area (Å²) in [5, 5.41) is 0.458. The number of thioether (sulfide) groups is 1. The number of hydrogen-bond acceptors (Lipinski definition) is 4. The lowest BCUT2D eigenvalue weighted by atomic mass is 11.8. The average Bonchev–Trinajstić information content (AvgIpc) is 1.59. The van der Waals surface area contributed by atoms with Crippen molar-refractivity contribution in [1.29, 1.82) is 0 Å². The minimum Gasteiger partial charge on any atom is -0.259 e. The van der Waals surface area contributed by atoms with E-state index in [4.69, 9.17) is 0 Å². The highest BCUT2D eigenvalue weighted by molar-refractivity contribution is 8.17. The summed E-state index contributed by atoms with van der Waals surface area (Å²) in [6.07, 6.45) is 2.72. The van der Waals surface area contributed by atoms with Crippen LogP contribution in [0.4, 0.5) is 0 Å². The zero-order valence-electron chi connectivity index (χ0n) is 5.86. The van der Waals surface area contributed by atoms with Gasteiger partial charge in [-0.1, -0.05) is 0 Å². The Morgan fingerprint density at radius 2 is 2.00 bits per heavy atom. The minimum absolute atomic E-state index is 0.0621. The zero-order valence-corrected chi connectivity index (χ0v) is 8.31. The molecule has 0 spiro atoms. The quantitative estimate of drug-likeness (QED) is 0.647. The average molecular weight is 202 g/mol. The van der Waals surface area contributed by atoms with Gasteiger partial charge < -0.3 is 0 Å². The SMILES string of the molecule is CS(=O)CSCS(C)(=O)=O. The summed E-state index contributed by atoms with van der Waals surface area (Å²) in [6, 6.07) is 0. The number of sulfone groups is 1. The summed E-state index contributed by atoms with van der Waals surface area (Å²) in [4.78, 5) is 0. The molecule has 0 saturated carbocycles. The predicted molar refractivity (Wildman–Crippen MR) is 46.2 cm³/mol. The molecular weight excluding hydrogens is 192 g/mol. The lowest BCUT2D eigenvalue weighted by Gasteiger charge is -1.94. The van der Waals surface area contributed by atoms with Gasteiger partial charge in [0.2, 0.25) is 0 Å². The third-order valence-corrected chi connectivity index (χ3v) is 4.92. The molecular formula is C4H10O3S3. The number of hydrogen-bond donors (Lipinski definition) is 0. The highest BCUT2D eigenvalue weighted by atomic mass is 32.3. The Hall–Kier alpha value is 0.450. The van der Waals surface area contributed by atoms with Crippen LogP contribution in [0.3, 0.4) is 0 Å². The van der Waals surface area contributed by atoms with Crippen LogP contribution >= 0.6 is 11.8 Å². The fourth-order valence-corrected chi connectivity index (χ4v) is 3.34. The van der Waals surface area contributed by atoms with Gasteiger partial charge in [-0.15, -0.1) is 11.8 Å². The van der Waals surface area contributed by atoms with Crippen LogP contribution in [0.25, 0.3) is 0 Å². The van der Waals surface area contributed by atoms with Gasteiger partial charge in [-0.05, 0) is 0 Å². The van der Waals surface area contributed by atoms with Crippen LogP contribution in [-0.4, -0.2) is 35.3 Å². The van der Waals surface area contributed by atoms with Gasteiger partial charge in [0.05, 0.1) is 10.2 Å². The van der Waals surface area contributed by atoms with E-state index in [-0.39, 0.29) is 5.08 Å². The standard InChI is InChI=1S/C4H10O3S3/c1-9(5)3-8-4-10(2,6)7/h3-4H2,1-2H3. The van der Waals surface area contributed by atoms with E-state index >= 15 is 0 Å². The van der Waals surface area contributed by atoms with E-state index < -0.39 is 20.6 Å². The van der Waals surface area contributed by atoms with Gasteiger partial charge in [-0.3, -0.25) is 4.21 Å². The molecule has 0 fully saturated rings. The Morgan fingerprint density at radius 1 is 1.50 bits per heavy atom. The molecule has 6 heteroatoms. The minimum atomic E-state index is -2.89. The maximum absolute atomic E-state index is 10.5. The molecule has 0 aromatic carbocycles. The Bertz CT molecular complexity index is 206. The van der Waals surface area contributed by atoms with Crippen molar-refractivity contribution in [1.82, 2.24) is 0 Å². The summed E-state index contributed by atoms with van der Waals surface area (Å²) >= 11 is 1.18. The van der Waals surface area contributed by atoms with Gasteiger partial charge in [-0.25, -0.2) is 8.42 Å². The largest absolute Gasteiger partial charge is 0.259 e. The smallest absolute Gasteiger partial charge is 0.156 e. The fraction of sp³-hybridized carbons (Fsp3) is 1.00.